The van der Waals surface area contributed by atoms with Gasteiger partial charge in [-0.25, -0.2) is 13.1 Å². The summed E-state index contributed by atoms with van der Waals surface area (Å²) in [6.07, 6.45) is 1.33. The van der Waals surface area contributed by atoms with E-state index in [1.165, 1.54) is 12.1 Å². The largest absolute Gasteiger partial charge is 0.497 e. The molecule has 9 heteroatoms. The molecule has 8 nitrogen and oxygen atoms in total. The highest BCUT2D eigenvalue weighted by molar-refractivity contribution is 7.89. The predicted octanol–water partition coefficient (Wildman–Crippen LogP) is 4.22. The van der Waals surface area contributed by atoms with Crippen LogP contribution < -0.4 is 14.8 Å². The van der Waals surface area contributed by atoms with Gasteiger partial charge in [0.1, 0.15) is 11.8 Å². The number of carbonyl (C=O) groups excluding carboxylic acids is 2. The molecule has 1 atom stereocenters. The highest BCUT2D eigenvalue weighted by Gasteiger charge is 2.31. The summed E-state index contributed by atoms with van der Waals surface area (Å²) in [7, 11) is -1.96. The third-order valence-corrected chi connectivity index (χ3v) is 7.81. The first-order chi connectivity index (χ1) is 18.8. The van der Waals surface area contributed by atoms with Crippen molar-refractivity contribution in [2.75, 3.05) is 20.2 Å². The second-order valence-electron chi connectivity index (χ2n) is 9.12. The number of benzene rings is 3. The average Bonchev–Trinajstić information content (AvgIpc) is 2.95. The average molecular weight is 552 g/mol. The molecule has 208 valence electrons. The first-order valence-electron chi connectivity index (χ1n) is 13.1. The Kier molecular flexibility index (Phi) is 11.1. The number of ether oxygens (including phenoxy) is 1. The molecule has 3 aromatic carbocycles. The van der Waals surface area contributed by atoms with E-state index in [2.05, 4.69) is 10.0 Å². The Morgan fingerprint density at radius 1 is 0.897 bits per heavy atom. The summed E-state index contributed by atoms with van der Waals surface area (Å²) in [5, 5.41) is 2.96. The molecule has 0 bridgehead atoms. The maximum Gasteiger partial charge on any atom is 0.247 e. The van der Waals surface area contributed by atoms with E-state index in [4.69, 9.17) is 4.74 Å². The molecule has 39 heavy (non-hydrogen) atoms. The van der Waals surface area contributed by atoms with Crippen LogP contribution in [0, 0.1) is 0 Å². The Labute approximate surface area is 231 Å². The Balaban J connectivity index is 1.88. The Bertz CT molecular complexity index is 1310. The van der Waals surface area contributed by atoms with Gasteiger partial charge in [0.05, 0.1) is 12.0 Å². The first-order valence-corrected chi connectivity index (χ1v) is 14.6. The van der Waals surface area contributed by atoms with Gasteiger partial charge >= 0.3 is 0 Å². The molecule has 0 fully saturated rings. The monoisotopic (exact) mass is 551 g/mol. The van der Waals surface area contributed by atoms with E-state index < -0.39 is 16.1 Å². The van der Waals surface area contributed by atoms with E-state index in [0.717, 1.165) is 23.1 Å². The quantitative estimate of drug-likeness (QED) is 0.312. The summed E-state index contributed by atoms with van der Waals surface area (Å²) in [5.41, 5.74) is 2.42. The standard InChI is InChI=1S/C30H37N3O5S/c1-4-21-31-30(35)29(25-9-7-6-8-10-25)33(22-24-11-16-26(38-3)17-12-24)28(34)20-15-23-13-18-27(19-14-23)39(36,37)32-5-2/h6-14,16-19,29,32H,4-5,15,20-22H2,1-3H3,(H,31,35). The van der Waals surface area contributed by atoms with Crippen LogP contribution in [0.2, 0.25) is 0 Å². The Morgan fingerprint density at radius 3 is 2.13 bits per heavy atom. The molecule has 0 aromatic heterocycles. The summed E-state index contributed by atoms with van der Waals surface area (Å²) >= 11 is 0. The van der Waals surface area contributed by atoms with E-state index >= 15 is 0 Å². The fraction of sp³-hybridized carbons (Fsp3) is 0.333. The van der Waals surface area contributed by atoms with Gasteiger partial charge in [-0.2, -0.15) is 0 Å². The fourth-order valence-corrected chi connectivity index (χ4v) is 5.25. The number of hydrogen-bond acceptors (Lipinski definition) is 5. The molecule has 0 heterocycles. The predicted molar refractivity (Wildman–Crippen MR) is 152 cm³/mol. The molecule has 0 saturated carbocycles. The Hall–Kier alpha value is -3.69. The van der Waals surface area contributed by atoms with Crippen LogP contribution in [0.5, 0.6) is 5.75 Å². The van der Waals surface area contributed by atoms with Crippen LogP contribution in [-0.4, -0.2) is 45.3 Å². The van der Waals surface area contributed by atoms with Crippen LogP contribution in [0.15, 0.2) is 83.8 Å². The summed E-state index contributed by atoms with van der Waals surface area (Å²) in [6, 6.07) is 22.4. The third kappa shape index (κ3) is 8.40. The Morgan fingerprint density at radius 2 is 1.54 bits per heavy atom. The molecular weight excluding hydrogens is 514 g/mol. The van der Waals surface area contributed by atoms with Crippen LogP contribution in [0.4, 0.5) is 0 Å². The number of aryl methyl sites for hydroxylation is 1. The molecule has 1 unspecified atom stereocenters. The van der Waals surface area contributed by atoms with E-state index in [0.29, 0.717) is 25.3 Å². The lowest BCUT2D eigenvalue weighted by Gasteiger charge is -2.32. The molecule has 0 aliphatic heterocycles. The zero-order valence-electron chi connectivity index (χ0n) is 22.7. The minimum Gasteiger partial charge on any atom is -0.497 e. The second-order valence-corrected chi connectivity index (χ2v) is 10.9. The fourth-order valence-electron chi connectivity index (χ4n) is 4.21. The molecule has 0 radical (unpaired) electrons. The van der Waals surface area contributed by atoms with Crippen LogP contribution in [0.1, 0.15) is 49.4 Å². The van der Waals surface area contributed by atoms with Gasteiger partial charge in [-0.15, -0.1) is 0 Å². The minimum atomic E-state index is -3.55. The minimum absolute atomic E-state index is 0.153. The lowest BCUT2D eigenvalue weighted by molar-refractivity contribution is -0.141. The normalized spacial score (nSPS) is 12.0. The topological polar surface area (TPSA) is 105 Å². The maximum atomic E-state index is 13.8. The van der Waals surface area contributed by atoms with Crippen molar-refractivity contribution in [3.8, 4) is 5.75 Å². The van der Waals surface area contributed by atoms with Gasteiger partial charge in [0, 0.05) is 26.1 Å². The number of sulfonamides is 1. The summed E-state index contributed by atoms with van der Waals surface area (Å²) in [4.78, 5) is 29.0. The van der Waals surface area contributed by atoms with Gasteiger partial charge in [-0.05, 0) is 53.8 Å². The number of carbonyl (C=O) groups is 2. The zero-order chi connectivity index (χ0) is 28.3. The number of methoxy groups -OCH3 is 1. The molecular formula is C30H37N3O5S. The maximum absolute atomic E-state index is 13.8. The molecule has 2 N–H and O–H groups in total. The van der Waals surface area contributed by atoms with E-state index in [1.54, 1.807) is 31.1 Å². The van der Waals surface area contributed by atoms with Gasteiger partial charge in [0.2, 0.25) is 21.8 Å². The van der Waals surface area contributed by atoms with E-state index in [9.17, 15) is 18.0 Å². The number of rotatable bonds is 14. The summed E-state index contributed by atoms with van der Waals surface area (Å²) < 4.78 is 32.2. The van der Waals surface area contributed by atoms with E-state index in [-0.39, 0.29) is 29.7 Å². The molecule has 2 amide bonds. The molecule has 0 aliphatic rings. The summed E-state index contributed by atoms with van der Waals surface area (Å²) in [5.74, 6) is 0.287. The lowest BCUT2D eigenvalue weighted by Crippen LogP contribution is -2.43. The molecule has 0 saturated heterocycles. The molecule has 3 aromatic rings. The van der Waals surface area contributed by atoms with Crippen LogP contribution in [0.3, 0.4) is 0 Å². The van der Waals surface area contributed by atoms with Crippen molar-refractivity contribution in [1.82, 2.24) is 14.9 Å². The van der Waals surface area contributed by atoms with Gasteiger partial charge in [-0.3, -0.25) is 9.59 Å². The highest BCUT2D eigenvalue weighted by Crippen LogP contribution is 2.26. The SMILES string of the molecule is CCCNC(=O)C(c1ccccc1)N(Cc1ccc(OC)cc1)C(=O)CCc1ccc(S(=O)(=O)NCC)cc1. The number of hydrogen-bond donors (Lipinski definition) is 2. The second kappa shape index (κ2) is 14.5. The van der Waals surface area contributed by atoms with Gasteiger partial charge in [-0.1, -0.05) is 68.4 Å². The zero-order valence-corrected chi connectivity index (χ0v) is 23.5. The molecule has 0 spiro atoms. The van der Waals surface area contributed by atoms with Gasteiger partial charge in [0.15, 0.2) is 0 Å². The van der Waals surface area contributed by atoms with Gasteiger partial charge in [0.25, 0.3) is 0 Å². The first kappa shape index (κ1) is 29.9. The van der Waals surface area contributed by atoms with Crippen molar-refractivity contribution in [2.24, 2.45) is 0 Å². The third-order valence-electron chi connectivity index (χ3n) is 6.25. The molecule has 0 aliphatic carbocycles. The lowest BCUT2D eigenvalue weighted by atomic mass is 10.0. The summed E-state index contributed by atoms with van der Waals surface area (Å²) in [6.45, 7) is 4.75. The highest BCUT2D eigenvalue weighted by atomic mass is 32.2. The van der Waals surface area contributed by atoms with Crippen LogP contribution >= 0.6 is 0 Å². The van der Waals surface area contributed by atoms with Crippen molar-refractivity contribution in [1.29, 1.82) is 0 Å². The van der Waals surface area contributed by atoms with Crippen molar-refractivity contribution in [3.63, 3.8) is 0 Å². The van der Waals surface area contributed by atoms with Crippen molar-refractivity contribution in [3.05, 3.63) is 95.6 Å². The van der Waals surface area contributed by atoms with Crippen LogP contribution in [0.25, 0.3) is 0 Å². The van der Waals surface area contributed by atoms with Crippen LogP contribution in [-0.2, 0) is 32.6 Å². The van der Waals surface area contributed by atoms with Crippen molar-refractivity contribution < 1.29 is 22.7 Å². The number of nitrogens with one attached hydrogen (secondary N) is 2. The van der Waals surface area contributed by atoms with Crippen molar-refractivity contribution in [2.45, 2.75) is 50.6 Å². The number of nitrogens with zero attached hydrogens (tertiary/aromatic N) is 1. The van der Waals surface area contributed by atoms with Gasteiger partial charge < -0.3 is 15.0 Å². The number of amides is 2. The molecule has 3 rings (SSSR count). The smallest absolute Gasteiger partial charge is 0.247 e. The van der Waals surface area contributed by atoms with Crippen molar-refractivity contribution >= 4 is 21.8 Å². The van der Waals surface area contributed by atoms with E-state index in [1.807, 2.05) is 61.5 Å².